The number of nitrogens with zero attached hydrogens (tertiary/aromatic N) is 1. The van der Waals surface area contributed by atoms with Gasteiger partial charge in [0.05, 0.1) is 6.04 Å². The molecule has 1 aromatic rings. The van der Waals surface area contributed by atoms with Crippen LogP contribution < -0.4 is 5.32 Å². The van der Waals surface area contributed by atoms with Crippen LogP contribution in [-0.4, -0.2) is 52.9 Å². The Kier molecular flexibility index (Phi) is 5.71. The van der Waals surface area contributed by atoms with Gasteiger partial charge in [-0.3, -0.25) is 4.79 Å². The molecule has 2 aliphatic heterocycles. The van der Waals surface area contributed by atoms with Gasteiger partial charge in [-0.25, -0.2) is 0 Å². The lowest BCUT2D eigenvalue weighted by molar-refractivity contribution is -0.133. The molecule has 120 valence electrons. The monoisotopic (exact) mass is 336 g/mol. The van der Waals surface area contributed by atoms with E-state index in [1.807, 2.05) is 23.5 Å². The van der Waals surface area contributed by atoms with Gasteiger partial charge in [-0.2, -0.15) is 23.5 Å². The Bertz CT molecular complexity index is 500. The highest BCUT2D eigenvalue weighted by molar-refractivity contribution is 7.99. The highest BCUT2D eigenvalue weighted by Gasteiger charge is 2.29. The molecule has 0 aromatic heterocycles. The smallest absolute Gasteiger partial charge is 0.224 e. The minimum Gasteiger partial charge on any atom is -0.334 e. The molecule has 0 aliphatic carbocycles. The molecule has 0 spiro atoms. The van der Waals surface area contributed by atoms with Crippen LogP contribution in [0, 0.1) is 6.92 Å². The highest BCUT2D eigenvalue weighted by Crippen LogP contribution is 2.30. The van der Waals surface area contributed by atoms with Gasteiger partial charge in [0.15, 0.2) is 0 Å². The average molecular weight is 337 g/mol. The van der Waals surface area contributed by atoms with E-state index in [1.54, 1.807) is 0 Å². The van der Waals surface area contributed by atoms with E-state index in [4.69, 9.17) is 0 Å². The maximum absolute atomic E-state index is 12.8. The molecule has 2 heterocycles. The fraction of sp³-hybridized carbons (Fsp3) is 0.588. The molecular weight excluding hydrogens is 312 g/mol. The summed E-state index contributed by atoms with van der Waals surface area (Å²) in [5, 5.41) is 3.48. The molecule has 0 bridgehead atoms. The van der Waals surface area contributed by atoms with E-state index in [1.165, 1.54) is 11.1 Å². The van der Waals surface area contributed by atoms with E-state index in [0.29, 0.717) is 18.4 Å². The van der Waals surface area contributed by atoms with Gasteiger partial charge in [-0.05, 0) is 12.5 Å². The largest absolute Gasteiger partial charge is 0.334 e. The maximum atomic E-state index is 12.8. The van der Waals surface area contributed by atoms with E-state index in [2.05, 4.69) is 41.4 Å². The fourth-order valence-electron chi connectivity index (χ4n) is 3.05. The summed E-state index contributed by atoms with van der Waals surface area (Å²) in [6.45, 7) is 4.01. The molecule has 3 rings (SSSR count). The summed E-state index contributed by atoms with van der Waals surface area (Å²) >= 11 is 3.91. The average Bonchev–Trinajstić information content (AvgIpc) is 2.56. The Morgan fingerprint density at radius 1 is 1.23 bits per heavy atom. The van der Waals surface area contributed by atoms with E-state index in [-0.39, 0.29) is 6.04 Å². The molecule has 2 aliphatic rings. The van der Waals surface area contributed by atoms with Crippen molar-refractivity contribution in [2.45, 2.75) is 25.4 Å². The molecule has 5 heteroatoms. The fourth-order valence-corrected chi connectivity index (χ4v) is 5.08. The second kappa shape index (κ2) is 7.75. The normalized spacial score (nSPS) is 26.0. The van der Waals surface area contributed by atoms with Crippen LogP contribution in [0.25, 0.3) is 0 Å². The van der Waals surface area contributed by atoms with Gasteiger partial charge in [0.1, 0.15) is 0 Å². The Labute approximate surface area is 141 Å². The lowest BCUT2D eigenvalue weighted by atomic mass is 10.0. The lowest BCUT2D eigenvalue weighted by Gasteiger charge is -2.37. The highest BCUT2D eigenvalue weighted by atomic mass is 32.2. The van der Waals surface area contributed by atoms with Gasteiger partial charge >= 0.3 is 0 Å². The van der Waals surface area contributed by atoms with Crippen molar-refractivity contribution in [3.63, 3.8) is 0 Å². The third-order valence-corrected chi connectivity index (χ3v) is 6.48. The maximum Gasteiger partial charge on any atom is 0.224 e. The molecule has 2 fully saturated rings. The summed E-state index contributed by atoms with van der Waals surface area (Å²) in [5.41, 5.74) is 2.55. The number of benzene rings is 1. The zero-order valence-electron chi connectivity index (χ0n) is 13.1. The minimum atomic E-state index is 0.239. The Morgan fingerprint density at radius 3 is 2.73 bits per heavy atom. The van der Waals surface area contributed by atoms with Crippen molar-refractivity contribution in [1.29, 1.82) is 0 Å². The first-order valence-electron chi connectivity index (χ1n) is 7.99. The molecule has 1 N–H and O–H groups in total. The van der Waals surface area contributed by atoms with Crippen LogP contribution in [0.1, 0.15) is 23.6 Å². The molecule has 0 radical (unpaired) electrons. The van der Waals surface area contributed by atoms with Crippen molar-refractivity contribution in [1.82, 2.24) is 10.2 Å². The Morgan fingerprint density at radius 2 is 2.00 bits per heavy atom. The van der Waals surface area contributed by atoms with Crippen LogP contribution >= 0.6 is 23.5 Å². The second-order valence-electron chi connectivity index (χ2n) is 6.02. The van der Waals surface area contributed by atoms with Gasteiger partial charge in [0, 0.05) is 48.6 Å². The summed E-state index contributed by atoms with van der Waals surface area (Å²) in [7, 11) is 0. The SMILES string of the molecule is Cc1ccc(C2CSCCN2C(=O)CC2CSCCN2)cc1. The van der Waals surface area contributed by atoms with Crippen LogP contribution in [-0.2, 0) is 4.79 Å². The van der Waals surface area contributed by atoms with Gasteiger partial charge in [0.25, 0.3) is 0 Å². The molecule has 22 heavy (non-hydrogen) atoms. The van der Waals surface area contributed by atoms with E-state index >= 15 is 0 Å². The zero-order chi connectivity index (χ0) is 15.4. The number of hydrogen-bond acceptors (Lipinski definition) is 4. The number of thioether (sulfide) groups is 2. The third kappa shape index (κ3) is 4.00. The van der Waals surface area contributed by atoms with Crippen LogP contribution in [0.4, 0.5) is 0 Å². The lowest BCUT2D eigenvalue weighted by Crippen LogP contribution is -2.46. The first kappa shape index (κ1) is 16.2. The number of rotatable bonds is 3. The molecule has 2 saturated heterocycles. The first-order valence-corrected chi connectivity index (χ1v) is 10.3. The molecule has 1 aromatic carbocycles. The number of aryl methyl sites for hydroxylation is 1. The Hall–Kier alpha value is -0.650. The molecule has 3 nitrogen and oxygen atoms in total. The van der Waals surface area contributed by atoms with Gasteiger partial charge in [-0.1, -0.05) is 29.8 Å². The van der Waals surface area contributed by atoms with Crippen molar-refractivity contribution in [2.24, 2.45) is 0 Å². The Balaban J connectivity index is 1.68. The van der Waals surface area contributed by atoms with Crippen molar-refractivity contribution < 1.29 is 4.79 Å². The van der Waals surface area contributed by atoms with Crippen molar-refractivity contribution in [3.8, 4) is 0 Å². The second-order valence-corrected chi connectivity index (χ2v) is 8.32. The number of carbonyl (C=O) groups excluding carboxylic acids is 1. The van der Waals surface area contributed by atoms with Crippen molar-refractivity contribution in [3.05, 3.63) is 35.4 Å². The third-order valence-electron chi connectivity index (χ3n) is 4.33. The van der Waals surface area contributed by atoms with Crippen molar-refractivity contribution in [2.75, 3.05) is 36.1 Å². The predicted molar refractivity (Wildman–Crippen MR) is 96.7 cm³/mol. The van der Waals surface area contributed by atoms with Crippen LogP contribution in [0.2, 0.25) is 0 Å². The van der Waals surface area contributed by atoms with Gasteiger partial charge in [-0.15, -0.1) is 0 Å². The van der Waals surface area contributed by atoms with Crippen LogP contribution in [0.5, 0.6) is 0 Å². The summed E-state index contributed by atoms with van der Waals surface area (Å²) in [6, 6.07) is 9.25. The van der Waals surface area contributed by atoms with Crippen LogP contribution in [0.3, 0.4) is 0 Å². The standard InChI is InChI=1S/C17H24N2OS2/c1-13-2-4-14(5-3-13)16-12-22-9-7-19(16)17(20)10-15-11-21-8-6-18-15/h2-5,15-16,18H,6-12H2,1H3. The molecular formula is C17H24N2OS2. The molecule has 0 saturated carbocycles. The summed E-state index contributed by atoms with van der Waals surface area (Å²) in [6.07, 6.45) is 0.639. The molecule has 1 amide bonds. The van der Waals surface area contributed by atoms with Gasteiger partial charge < -0.3 is 10.2 Å². The van der Waals surface area contributed by atoms with Crippen molar-refractivity contribution >= 4 is 29.4 Å². The van der Waals surface area contributed by atoms with Crippen LogP contribution in [0.15, 0.2) is 24.3 Å². The summed E-state index contributed by atoms with van der Waals surface area (Å²) in [4.78, 5) is 14.9. The quantitative estimate of drug-likeness (QED) is 0.920. The summed E-state index contributed by atoms with van der Waals surface area (Å²) < 4.78 is 0. The van der Waals surface area contributed by atoms with E-state index < -0.39 is 0 Å². The van der Waals surface area contributed by atoms with E-state index in [9.17, 15) is 4.79 Å². The predicted octanol–water partition coefficient (Wildman–Crippen LogP) is 2.71. The molecule has 2 atom stereocenters. The number of carbonyl (C=O) groups is 1. The zero-order valence-corrected chi connectivity index (χ0v) is 14.7. The van der Waals surface area contributed by atoms with Gasteiger partial charge in [0.2, 0.25) is 5.91 Å². The topological polar surface area (TPSA) is 32.3 Å². The minimum absolute atomic E-state index is 0.239. The summed E-state index contributed by atoms with van der Waals surface area (Å²) in [5.74, 6) is 4.61. The van der Waals surface area contributed by atoms with E-state index in [0.717, 1.165) is 36.1 Å². The number of nitrogens with one attached hydrogen (secondary N) is 1. The number of amides is 1. The first-order chi connectivity index (χ1) is 10.7. The number of hydrogen-bond donors (Lipinski definition) is 1. The molecule has 2 unspecified atom stereocenters.